The minimum absolute atomic E-state index is 0.0639. The lowest BCUT2D eigenvalue weighted by atomic mass is 10.2. The first-order chi connectivity index (χ1) is 12.4. The largest absolute Gasteiger partial charge is 0.504 e. The zero-order valence-corrected chi connectivity index (χ0v) is 14.9. The third kappa shape index (κ3) is 5.30. The second-order valence-corrected chi connectivity index (χ2v) is 6.82. The fourth-order valence-corrected chi connectivity index (χ4v) is 2.98. The number of carbonyl (C=O) groups is 1. The van der Waals surface area contributed by atoms with E-state index in [2.05, 4.69) is 15.2 Å². The Labute approximate surface area is 151 Å². The molecule has 8 nitrogen and oxygen atoms in total. The van der Waals surface area contributed by atoms with Crippen LogP contribution in [0.15, 0.2) is 58.5 Å². The van der Waals surface area contributed by atoms with Crippen molar-refractivity contribution in [2.24, 2.45) is 5.10 Å². The fraction of sp³-hybridized carbons (Fsp3) is 0.176. The van der Waals surface area contributed by atoms with Crippen molar-refractivity contribution in [2.45, 2.75) is 11.8 Å². The number of aromatic hydroxyl groups is 1. The molecule has 0 aliphatic rings. The minimum Gasteiger partial charge on any atom is -0.504 e. The summed E-state index contributed by atoms with van der Waals surface area (Å²) >= 11 is 0. The van der Waals surface area contributed by atoms with Crippen LogP contribution in [0.4, 0.5) is 0 Å². The van der Waals surface area contributed by atoms with E-state index in [1.165, 1.54) is 18.3 Å². The predicted molar refractivity (Wildman–Crippen MR) is 96.6 cm³/mol. The van der Waals surface area contributed by atoms with Gasteiger partial charge in [-0.1, -0.05) is 24.3 Å². The van der Waals surface area contributed by atoms with E-state index < -0.39 is 22.5 Å². The Morgan fingerprint density at radius 1 is 1.19 bits per heavy atom. The van der Waals surface area contributed by atoms with Gasteiger partial charge < -0.3 is 9.84 Å². The Bertz CT molecular complexity index is 883. The molecule has 0 unspecified atom stereocenters. The number of hydrogen-bond acceptors (Lipinski definition) is 6. The van der Waals surface area contributed by atoms with E-state index in [-0.39, 0.29) is 10.6 Å². The van der Waals surface area contributed by atoms with Crippen LogP contribution >= 0.6 is 0 Å². The number of sulfonamides is 1. The maximum atomic E-state index is 12.0. The summed E-state index contributed by atoms with van der Waals surface area (Å²) in [5.41, 5.74) is 2.53. The van der Waals surface area contributed by atoms with Crippen LogP contribution in [-0.4, -0.2) is 38.8 Å². The van der Waals surface area contributed by atoms with Crippen molar-refractivity contribution in [2.75, 3.05) is 13.2 Å². The average Bonchev–Trinajstić information content (AvgIpc) is 2.64. The molecule has 2 aromatic rings. The summed E-state index contributed by atoms with van der Waals surface area (Å²) in [6, 6.07) is 12.6. The molecule has 0 saturated heterocycles. The zero-order chi connectivity index (χ0) is 19.0. The molecule has 138 valence electrons. The first-order valence-corrected chi connectivity index (χ1v) is 9.23. The smallest absolute Gasteiger partial charge is 0.255 e. The summed E-state index contributed by atoms with van der Waals surface area (Å²) in [5.74, 6) is -0.447. The minimum atomic E-state index is -3.77. The number of benzene rings is 2. The Morgan fingerprint density at radius 2 is 1.92 bits per heavy atom. The number of rotatable bonds is 8. The molecule has 0 aliphatic heterocycles. The lowest BCUT2D eigenvalue weighted by Crippen LogP contribution is -2.34. The normalized spacial score (nSPS) is 11.4. The number of nitrogens with one attached hydrogen (secondary N) is 2. The monoisotopic (exact) mass is 377 g/mol. The third-order valence-electron chi connectivity index (χ3n) is 3.20. The zero-order valence-electron chi connectivity index (χ0n) is 14.0. The van der Waals surface area contributed by atoms with Crippen molar-refractivity contribution < 1.29 is 23.1 Å². The molecule has 0 fully saturated rings. The maximum Gasteiger partial charge on any atom is 0.255 e. The molecule has 3 N–H and O–H groups in total. The number of phenolic OH excluding ortho intramolecular Hbond substituents is 1. The molecule has 0 heterocycles. The Balaban J connectivity index is 1.91. The molecule has 0 radical (unpaired) electrons. The summed E-state index contributed by atoms with van der Waals surface area (Å²) in [5, 5.41) is 13.7. The first kappa shape index (κ1) is 19.4. The van der Waals surface area contributed by atoms with Gasteiger partial charge in [-0.3, -0.25) is 4.79 Å². The lowest BCUT2D eigenvalue weighted by molar-refractivity contribution is -0.119. The molecule has 2 aromatic carbocycles. The van der Waals surface area contributed by atoms with Crippen molar-refractivity contribution in [1.82, 2.24) is 10.1 Å². The summed E-state index contributed by atoms with van der Waals surface area (Å²) in [6.07, 6.45) is 1.24. The maximum absolute atomic E-state index is 12.0. The van der Waals surface area contributed by atoms with Gasteiger partial charge in [-0.05, 0) is 31.2 Å². The van der Waals surface area contributed by atoms with Gasteiger partial charge in [0, 0.05) is 5.56 Å². The van der Waals surface area contributed by atoms with Gasteiger partial charge in [0.15, 0.2) is 11.5 Å². The van der Waals surface area contributed by atoms with Crippen molar-refractivity contribution in [1.29, 1.82) is 0 Å². The van der Waals surface area contributed by atoms with Crippen molar-refractivity contribution >= 4 is 22.1 Å². The molecule has 26 heavy (non-hydrogen) atoms. The number of nitrogens with zero attached hydrogens (tertiary/aromatic N) is 1. The van der Waals surface area contributed by atoms with E-state index in [0.717, 1.165) is 0 Å². The second-order valence-electron chi connectivity index (χ2n) is 5.06. The van der Waals surface area contributed by atoms with Gasteiger partial charge in [0.2, 0.25) is 10.0 Å². The van der Waals surface area contributed by atoms with Gasteiger partial charge in [0.05, 0.1) is 24.3 Å². The van der Waals surface area contributed by atoms with E-state index in [1.807, 2.05) is 0 Å². The first-order valence-electron chi connectivity index (χ1n) is 7.75. The molecule has 0 aromatic heterocycles. The van der Waals surface area contributed by atoms with Crippen molar-refractivity contribution in [3.05, 3.63) is 54.1 Å². The molecule has 0 saturated carbocycles. The highest BCUT2D eigenvalue weighted by atomic mass is 32.2. The Morgan fingerprint density at radius 3 is 2.62 bits per heavy atom. The topological polar surface area (TPSA) is 117 Å². The number of ether oxygens (including phenoxy) is 1. The third-order valence-corrected chi connectivity index (χ3v) is 4.62. The van der Waals surface area contributed by atoms with Crippen LogP contribution in [0.2, 0.25) is 0 Å². The summed E-state index contributed by atoms with van der Waals surface area (Å²) in [7, 11) is -3.77. The highest BCUT2D eigenvalue weighted by molar-refractivity contribution is 7.89. The van der Waals surface area contributed by atoms with Gasteiger partial charge in [0.1, 0.15) is 0 Å². The Hall–Kier alpha value is -2.91. The number of hydrogen-bond donors (Lipinski definition) is 3. The van der Waals surface area contributed by atoms with Crippen LogP contribution in [0.1, 0.15) is 12.5 Å². The van der Waals surface area contributed by atoms with Crippen LogP contribution in [0.3, 0.4) is 0 Å². The number of phenols is 1. The van der Waals surface area contributed by atoms with E-state index in [4.69, 9.17) is 4.74 Å². The van der Waals surface area contributed by atoms with E-state index >= 15 is 0 Å². The van der Waals surface area contributed by atoms with Crippen LogP contribution in [0.5, 0.6) is 11.5 Å². The molecule has 9 heteroatoms. The lowest BCUT2D eigenvalue weighted by Gasteiger charge is -2.07. The van der Waals surface area contributed by atoms with Crippen molar-refractivity contribution in [3.63, 3.8) is 0 Å². The van der Waals surface area contributed by atoms with Crippen LogP contribution in [-0.2, 0) is 14.8 Å². The van der Waals surface area contributed by atoms with E-state index in [0.29, 0.717) is 17.9 Å². The van der Waals surface area contributed by atoms with Gasteiger partial charge in [-0.25, -0.2) is 18.6 Å². The molecule has 1 amide bonds. The standard InChI is InChI=1S/C17H19N3O5S/c1-2-25-15-10-6-7-13(17(15)22)11-18-20-16(21)12-19-26(23,24)14-8-4-3-5-9-14/h3-11,19,22H,2,12H2,1H3,(H,20,21)/b18-11-. The van der Waals surface area contributed by atoms with E-state index in [9.17, 15) is 18.3 Å². The predicted octanol–water partition coefficient (Wildman–Crippen LogP) is 1.22. The van der Waals surface area contributed by atoms with Crippen molar-refractivity contribution in [3.8, 4) is 11.5 Å². The molecular formula is C17H19N3O5S. The summed E-state index contributed by atoms with van der Waals surface area (Å²) in [6.45, 7) is 1.71. The second kappa shape index (κ2) is 8.97. The molecule has 0 spiro atoms. The molecule has 0 bridgehead atoms. The van der Waals surface area contributed by atoms with Gasteiger partial charge >= 0.3 is 0 Å². The highest BCUT2D eigenvalue weighted by Crippen LogP contribution is 2.28. The van der Waals surface area contributed by atoms with Crippen LogP contribution < -0.4 is 14.9 Å². The van der Waals surface area contributed by atoms with Gasteiger partial charge in [-0.15, -0.1) is 0 Å². The molecular weight excluding hydrogens is 358 g/mol. The fourth-order valence-electron chi connectivity index (χ4n) is 1.97. The van der Waals surface area contributed by atoms with Gasteiger partial charge in [-0.2, -0.15) is 5.10 Å². The quantitative estimate of drug-likeness (QED) is 0.472. The Kier molecular flexibility index (Phi) is 6.70. The number of carbonyl (C=O) groups excluding carboxylic acids is 1. The summed E-state index contributed by atoms with van der Waals surface area (Å²) < 4.78 is 31.4. The van der Waals surface area contributed by atoms with E-state index in [1.54, 1.807) is 43.3 Å². The number of amides is 1. The number of hydrazone groups is 1. The molecule has 2 rings (SSSR count). The number of para-hydroxylation sites is 1. The molecule has 0 atom stereocenters. The van der Waals surface area contributed by atoms with Crippen LogP contribution in [0, 0.1) is 0 Å². The SMILES string of the molecule is CCOc1cccc(/C=N\NC(=O)CNS(=O)(=O)c2ccccc2)c1O. The highest BCUT2D eigenvalue weighted by Gasteiger charge is 2.14. The van der Waals surface area contributed by atoms with Gasteiger partial charge in [0.25, 0.3) is 5.91 Å². The summed E-state index contributed by atoms with van der Waals surface area (Å²) in [4.78, 5) is 11.8. The van der Waals surface area contributed by atoms with Crippen LogP contribution in [0.25, 0.3) is 0 Å². The average molecular weight is 377 g/mol. The molecule has 0 aliphatic carbocycles.